The van der Waals surface area contributed by atoms with Gasteiger partial charge < -0.3 is 10.1 Å². The lowest BCUT2D eigenvalue weighted by atomic mass is 10.2. The Kier molecular flexibility index (Phi) is 5.76. The highest BCUT2D eigenvalue weighted by Gasteiger charge is 2.07. The van der Waals surface area contributed by atoms with Crippen LogP contribution >= 0.6 is 11.3 Å². The monoisotopic (exact) mass is 307 g/mol. The number of nitrogens with one attached hydrogen (secondary N) is 1. The third kappa shape index (κ3) is 4.83. The largest absolute Gasteiger partial charge is 0.485 e. The summed E-state index contributed by atoms with van der Waals surface area (Å²) in [7, 11) is 0. The molecule has 0 saturated heterocycles. The summed E-state index contributed by atoms with van der Waals surface area (Å²) in [5.74, 6) is 0.702. The fourth-order valence-corrected chi connectivity index (χ4v) is 2.86. The molecular weight excluding hydrogens is 285 g/mol. The Morgan fingerprint density at radius 3 is 2.71 bits per heavy atom. The van der Waals surface area contributed by atoms with Crippen molar-refractivity contribution < 1.29 is 9.13 Å². The van der Waals surface area contributed by atoms with Crippen molar-refractivity contribution in [1.29, 1.82) is 0 Å². The van der Waals surface area contributed by atoms with Crippen molar-refractivity contribution in [2.45, 2.75) is 33.9 Å². The minimum Gasteiger partial charge on any atom is -0.485 e. The quantitative estimate of drug-likeness (QED) is 0.812. The first-order valence-corrected chi connectivity index (χ1v) is 8.04. The van der Waals surface area contributed by atoms with Gasteiger partial charge in [-0.2, -0.15) is 0 Å². The fraction of sp³-hybridized carbons (Fsp3) is 0.412. The average molecular weight is 307 g/mol. The summed E-state index contributed by atoms with van der Waals surface area (Å²) < 4.78 is 19.4. The molecule has 1 N–H and O–H groups in total. The van der Waals surface area contributed by atoms with Crippen molar-refractivity contribution in [1.82, 2.24) is 5.32 Å². The Morgan fingerprint density at radius 2 is 1.95 bits per heavy atom. The first kappa shape index (κ1) is 16.0. The summed E-state index contributed by atoms with van der Waals surface area (Å²) in [4.78, 5) is 2.39. The highest BCUT2D eigenvalue weighted by atomic mass is 32.1. The zero-order chi connectivity index (χ0) is 15.2. The van der Waals surface area contributed by atoms with E-state index in [9.17, 15) is 4.39 Å². The summed E-state index contributed by atoms with van der Waals surface area (Å²) in [6, 6.07) is 9.37. The van der Waals surface area contributed by atoms with E-state index in [0.717, 1.165) is 18.0 Å². The van der Waals surface area contributed by atoms with Gasteiger partial charge in [-0.15, -0.1) is 11.3 Å². The SMILES string of the molecule is Cc1cccc(OCc2ccc(CNCC(C)C)s2)c1F. The number of benzene rings is 1. The molecule has 0 unspecified atom stereocenters. The minimum absolute atomic E-state index is 0.270. The van der Waals surface area contributed by atoms with Gasteiger partial charge in [0, 0.05) is 16.3 Å². The Morgan fingerprint density at radius 1 is 1.19 bits per heavy atom. The topological polar surface area (TPSA) is 21.3 Å². The molecule has 2 nitrogen and oxygen atoms in total. The lowest BCUT2D eigenvalue weighted by molar-refractivity contribution is 0.293. The van der Waals surface area contributed by atoms with Crippen molar-refractivity contribution in [3.63, 3.8) is 0 Å². The number of thiophene rings is 1. The maximum atomic E-state index is 13.8. The molecule has 0 spiro atoms. The summed E-state index contributed by atoms with van der Waals surface area (Å²) >= 11 is 1.70. The van der Waals surface area contributed by atoms with E-state index in [-0.39, 0.29) is 5.82 Å². The molecule has 0 amide bonds. The molecule has 0 fully saturated rings. The molecule has 21 heavy (non-hydrogen) atoms. The second-order valence-electron chi connectivity index (χ2n) is 5.57. The number of rotatable bonds is 7. The van der Waals surface area contributed by atoms with E-state index in [4.69, 9.17) is 4.74 Å². The molecular formula is C17H22FNOS. The van der Waals surface area contributed by atoms with E-state index in [2.05, 4.69) is 25.2 Å². The molecule has 0 aliphatic rings. The first-order chi connectivity index (χ1) is 10.1. The van der Waals surface area contributed by atoms with Crippen molar-refractivity contribution >= 4 is 11.3 Å². The number of hydrogen-bond donors (Lipinski definition) is 1. The Labute approximate surface area is 130 Å². The normalized spacial score (nSPS) is 11.1. The molecule has 0 aliphatic carbocycles. The molecule has 0 atom stereocenters. The summed E-state index contributed by atoms with van der Waals surface area (Å²) in [6.07, 6.45) is 0. The van der Waals surface area contributed by atoms with E-state index in [0.29, 0.717) is 23.8 Å². The Bertz CT molecular complexity index is 580. The van der Waals surface area contributed by atoms with Crippen LogP contribution in [-0.2, 0) is 13.2 Å². The first-order valence-electron chi connectivity index (χ1n) is 7.22. The van der Waals surface area contributed by atoms with Gasteiger partial charge in [0.15, 0.2) is 11.6 Å². The second kappa shape index (κ2) is 7.57. The van der Waals surface area contributed by atoms with Gasteiger partial charge in [0.05, 0.1) is 0 Å². The molecule has 1 heterocycles. The standard InChI is InChI=1S/C17H22FNOS/c1-12(2)9-19-10-14-7-8-15(21-14)11-20-16-6-4-5-13(3)17(16)18/h4-8,12,19H,9-11H2,1-3H3. The highest BCUT2D eigenvalue weighted by Crippen LogP contribution is 2.23. The van der Waals surface area contributed by atoms with Crippen molar-refractivity contribution in [3.05, 3.63) is 51.5 Å². The molecule has 114 valence electrons. The number of hydrogen-bond acceptors (Lipinski definition) is 3. The van der Waals surface area contributed by atoms with Crippen LogP contribution in [0.4, 0.5) is 4.39 Å². The van der Waals surface area contributed by atoms with Crippen LogP contribution in [0.15, 0.2) is 30.3 Å². The average Bonchev–Trinajstić information content (AvgIpc) is 2.88. The van der Waals surface area contributed by atoms with Gasteiger partial charge in [-0.3, -0.25) is 0 Å². The van der Waals surface area contributed by atoms with Gasteiger partial charge in [-0.1, -0.05) is 26.0 Å². The third-order valence-electron chi connectivity index (χ3n) is 3.10. The predicted octanol–water partition coefficient (Wildman–Crippen LogP) is 4.52. The van der Waals surface area contributed by atoms with Crippen LogP contribution in [-0.4, -0.2) is 6.54 Å². The van der Waals surface area contributed by atoms with Crippen LogP contribution in [0.2, 0.25) is 0 Å². The van der Waals surface area contributed by atoms with Crippen LogP contribution in [0.5, 0.6) is 5.75 Å². The molecule has 2 aromatic rings. The van der Waals surface area contributed by atoms with Crippen LogP contribution in [0, 0.1) is 18.7 Å². The van der Waals surface area contributed by atoms with Crippen LogP contribution in [0.1, 0.15) is 29.2 Å². The van der Waals surface area contributed by atoms with Gasteiger partial charge in [0.25, 0.3) is 0 Å². The molecule has 0 aliphatic heterocycles. The van der Waals surface area contributed by atoms with E-state index in [1.165, 1.54) is 4.88 Å². The highest BCUT2D eigenvalue weighted by molar-refractivity contribution is 7.11. The third-order valence-corrected chi connectivity index (χ3v) is 4.15. The zero-order valence-corrected chi connectivity index (χ0v) is 13.6. The smallest absolute Gasteiger partial charge is 0.167 e. The predicted molar refractivity (Wildman–Crippen MR) is 86.3 cm³/mol. The molecule has 0 saturated carbocycles. The van der Waals surface area contributed by atoms with E-state index in [1.807, 2.05) is 12.1 Å². The Hall–Kier alpha value is -1.39. The minimum atomic E-state index is -0.270. The molecule has 4 heteroatoms. The molecule has 1 aromatic carbocycles. The maximum absolute atomic E-state index is 13.8. The van der Waals surface area contributed by atoms with Gasteiger partial charge in [0.2, 0.25) is 0 Å². The van der Waals surface area contributed by atoms with E-state index >= 15 is 0 Å². The van der Waals surface area contributed by atoms with Crippen LogP contribution in [0.3, 0.4) is 0 Å². The lowest BCUT2D eigenvalue weighted by Crippen LogP contribution is -2.18. The molecule has 0 bridgehead atoms. The van der Waals surface area contributed by atoms with Crippen molar-refractivity contribution in [3.8, 4) is 5.75 Å². The van der Waals surface area contributed by atoms with E-state index in [1.54, 1.807) is 30.4 Å². The molecule has 1 aromatic heterocycles. The second-order valence-corrected chi connectivity index (χ2v) is 6.82. The van der Waals surface area contributed by atoms with Crippen molar-refractivity contribution in [2.75, 3.05) is 6.54 Å². The number of aryl methyl sites for hydroxylation is 1. The summed E-state index contributed by atoms with van der Waals surface area (Å²) in [5, 5.41) is 3.41. The van der Waals surface area contributed by atoms with Gasteiger partial charge in [-0.25, -0.2) is 4.39 Å². The van der Waals surface area contributed by atoms with Gasteiger partial charge in [0.1, 0.15) is 6.61 Å². The lowest BCUT2D eigenvalue weighted by Gasteiger charge is -2.07. The van der Waals surface area contributed by atoms with Gasteiger partial charge in [-0.05, 0) is 43.1 Å². The summed E-state index contributed by atoms with van der Waals surface area (Å²) in [5.41, 5.74) is 0.609. The van der Waals surface area contributed by atoms with E-state index < -0.39 is 0 Å². The van der Waals surface area contributed by atoms with Crippen molar-refractivity contribution in [2.24, 2.45) is 5.92 Å². The number of ether oxygens (including phenoxy) is 1. The van der Waals surface area contributed by atoms with Gasteiger partial charge >= 0.3 is 0 Å². The fourth-order valence-electron chi connectivity index (χ4n) is 1.96. The maximum Gasteiger partial charge on any atom is 0.167 e. The zero-order valence-electron chi connectivity index (χ0n) is 12.8. The van der Waals surface area contributed by atoms with Crippen LogP contribution < -0.4 is 10.1 Å². The molecule has 0 radical (unpaired) electrons. The molecule has 2 rings (SSSR count). The summed E-state index contributed by atoms with van der Waals surface area (Å²) in [6.45, 7) is 8.43. The number of halogens is 1. The Balaban J connectivity index is 1.86. The van der Waals surface area contributed by atoms with Crippen LogP contribution in [0.25, 0.3) is 0 Å².